The fourth-order valence-electron chi connectivity index (χ4n) is 4.90. The molecule has 4 aliphatic rings. The van der Waals surface area contributed by atoms with Crippen LogP contribution in [0.3, 0.4) is 0 Å². The van der Waals surface area contributed by atoms with E-state index in [9.17, 15) is 9.59 Å². The molecule has 4 nitrogen and oxygen atoms in total. The summed E-state index contributed by atoms with van der Waals surface area (Å²) in [6, 6.07) is 0. The largest absolute Gasteiger partial charge is 0.463 e. The van der Waals surface area contributed by atoms with E-state index in [-0.39, 0.29) is 18.0 Å². The Labute approximate surface area is 120 Å². The minimum atomic E-state index is -0.426. The Balaban J connectivity index is 1.56. The lowest BCUT2D eigenvalue weighted by Gasteiger charge is -2.55. The van der Waals surface area contributed by atoms with Gasteiger partial charge in [-0.2, -0.15) is 0 Å². The van der Waals surface area contributed by atoms with Crippen LogP contribution < -0.4 is 0 Å². The quantitative estimate of drug-likeness (QED) is 0.727. The second-order valence-corrected chi connectivity index (χ2v) is 6.99. The summed E-state index contributed by atoms with van der Waals surface area (Å²) in [4.78, 5) is 23.9. The van der Waals surface area contributed by atoms with Crippen molar-refractivity contribution in [3.8, 4) is 0 Å². The average molecular weight is 280 g/mol. The maximum absolute atomic E-state index is 12.4. The molecule has 4 rings (SSSR count). The van der Waals surface area contributed by atoms with Gasteiger partial charge in [0.25, 0.3) is 0 Å². The van der Waals surface area contributed by atoms with Gasteiger partial charge in [-0.25, -0.2) is 4.79 Å². The first-order valence-electron chi connectivity index (χ1n) is 7.94. The van der Waals surface area contributed by atoms with Crippen molar-refractivity contribution >= 4 is 11.9 Å². The topological polar surface area (TPSA) is 52.6 Å². The van der Waals surface area contributed by atoms with Crippen LogP contribution in [0, 0.1) is 23.2 Å². The molecule has 0 N–H and O–H groups in total. The van der Waals surface area contributed by atoms with Crippen molar-refractivity contribution in [2.24, 2.45) is 23.2 Å². The zero-order valence-electron chi connectivity index (χ0n) is 12.2. The molecule has 4 aliphatic carbocycles. The van der Waals surface area contributed by atoms with Crippen LogP contribution in [0.2, 0.25) is 0 Å². The van der Waals surface area contributed by atoms with Crippen molar-refractivity contribution < 1.29 is 19.1 Å². The number of hydrogen-bond donors (Lipinski definition) is 0. The van der Waals surface area contributed by atoms with E-state index in [1.54, 1.807) is 0 Å². The Bertz CT molecular complexity index is 366. The van der Waals surface area contributed by atoms with Gasteiger partial charge < -0.3 is 9.47 Å². The molecule has 0 heterocycles. The number of esters is 2. The van der Waals surface area contributed by atoms with E-state index in [0.717, 1.165) is 25.7 Å². The highest BCUT2D eigenvalue weighted by molar-refractivity contribution is 5.81. The van der Waals surface area contributed by atoms with E-state index in [1.165, 1.54) is 19.3 Å². The maximum Gasteiger partial charge on any atom is 0.344 e. The number of carbonyl (C=O) groups excluding carboxylic acids is 2. The molecule has 20 heavy (non-hydrogen) atoms. The van der Waals surface area contributed by atoms with E-state index in [0.29, 0.717) is 24.4 Å². The van der Waals surface area contributed by atoms with E-state index < -0.39 is 5.97 Å². The van der Waals surface area contributed by atoms with E-state index in [2.05, 4.69) is 0 Å². The number of carbonyl (C=O) groups is 2. The molecule has 0 aromatic rings. The molecule has 4 bridgehead atoms. The minimum absolute atomic E-state index is 0.148. The lowest BCUT2D eigenvalue weighted by atomic mass is 9.49. The Morgan fingerprint density at radius 3 is 2.05 bits per heavy atom. The van der Waals surface area contributed by atoms with Crippen molar-refractivity contribution in [3.05, 3.63) is 0 Å². The van der Waals surface area contributed by atoms with E-state index in [4.69, 9.17) is 9.47 Å². The Morgan fingerprint density at radius 1 is 1.00 bits per heavy atom. The van der Waals surface area contributed by atoms with Crippen LogP contribution in [-0.2, 0) is 19.1 Å². The standard InChI is InChI=1S/C16H24O4/c1-2-3-19-14(17)10-20-15(18)16-7-11-4-12(8-16)6-13(5-11)9-16/h11-13H,2-10H2,1H3. The smallest absolute Gasteiger partial charge is 0.344 e. The molecular weight excluding hydrogens is 256 g/mol. The van der Waals surface area contributed by atoms with Crippen molar-refractivity contribution in [1.82, 2.24) is 0 Å². The van der Waals surface area contributed by atoms with Gasteiger partial charge in [-0.3, -0.25) is 4.79 Å². The third kappa shape index (κ3) is 2.57. The van der Waals surface area contributed by atoms with E-state index >= 15 is 0 Å². The summed E-state index contributed by atoms with van der Waals surface area (Å²) in [5.74, 6) is 1.55. The number of rotatable bonds is 5. The van der Waals surface area contributed by atoms with Gasteiger partial charge in [-0.05, 0) is 62.7 Å². The molecule has 0 amide bonds. The molecule has 0 aromatic carbocycles. The number of ether oxygens (including phenoxy) is 2. The van der Waals surface area contributed by atoms with Gasteiger partial charge in [0.1, 0.15) is 0 Å². The van der Waals surface area contributed by atoms with Gasteiger partial charge in [-0.1, -0.05) is 6.92 Å². The highest BCUT2D eigenvalue weighted by atomic mass is 16.6. The lowest BCUT2D eigenvalue weighted by Crippen LogP contribution is -2.50. The van der Waals surface area contributed by atoms with Crippen LogP contribution in [0.25, 0.3) is 0 Å². The van der Waals surface area contributed by atoms with Crippen LogP contribution in [0.5, 0.6) is 0 Å². The van der Waals surface area contributed by atoms with Crippen molar-refractivity contribution in [3.63, 3.8) is 0 Å². The molecule has 0 unspecified atom stereocenters. The lowest BCUT2D eigenvalue weighted by molar-refractivity contribution is -0.177. The summed E-state index contributed by atoms with van der Waals surface area (Å²) in [6.45, 7) is 2.11. The van der Waals surface area contributed by atoms with Gasteiger partial charge in [0.15, 0.2) is 6.61 Å². The summed E-state index contributed by atoms with van der Waals surface area (Å²) in [7, 11) is 0. The SMILES string of the molecule is CCCOC(=O)COC(=O)C12CC3CC(CC(C3)C1)C2. The summed E-state index contributed by atoms with van der Waals surface area (Å²) in [6.07, 6.45) is 7.60. The minimum Gasteiger partial charge on any atom is -0.463 e. The summed E-state index contributed by atoms with van der Waals surface area (Å²) in [5.41, 5.74) is -0.278. The van der Waals surface area contributed by atoms with Gasteiger partial charge in [0.05, 0.1) is 12.0 Å². The van der Waals surface area contributed by atoms with Crippen LogP contribution in [0.4, 0.5) is 0 Å². The zero-order chi connectivity index (χ0) is 14.2. The molecule has 112 valence electrons. The second-order valence-electron chi connectivity index (χ2n) is 6.99. The number of hydrogen-bond acceptors (Lipinski definition) is 4. The van der Waals surface area contributed by atoms with Gasteiger partial charge in [-0.15, -0.1) is 0 Å². The predicted octanol–water partition coefficient (Wildman–Crippen LogP) is 2.70. The van der Waals surface area contributed by atoms with Crippen LogP contribution in [0.15, 0.2) is 0 Å². The second kappa shape index (κ2) is 5.38. The predicted molar refractivity (Wildman–Crippen MR) is 72.8 cm³/mol. The van der Waals surface area contributed by atoms with Crippen LogP contribution >= 0.6 is 0 Å². The van der Waals surface area contributed by atoms with Crippen LogP contribution in [0.1, 0.15) is 51.9 Å². The first kappa shape index (κ1) is 13.9. The maximum atomic E-state index is 12.4. The molecule has 0 saturated heterocycles. The van der Waals surface area contributed by atoms with E-state index in [1.807, 2.05) is 6.92 Å². The highest BCUT2D eigenvalue weighted by Crippen LogP contribution is 2.60. The molecule has 4 fully saturated rings. The monoisotopic (exact) mass is 280 g/mol. The molecule has 0 spiro atoms. The van der Waals surface area contributed by atoms with Gasteiger partial charge >= 0.3 is 11.9 Å². The normalized spacial score (nSPS) is 37.8. The van der Waals surface area contributed by atoms with Crippen molar-refractivity contribution in [1.29, 1.82) is 0 Å². The molecule has 0 aromatic heterocycles. The van der Waals surface area contributed by atoms with Crippen molar-refractivity contribution in [2.75, 3.05) is 13.2 Å². The molecule has 4 heteroatoms. The fraction of sp³-hybridized carbons (Fsp3) is 0.875. The zero-order valence-corrected chi connectivity index (χ0v) is 12.2. The third-order valence-corrected chi connectivity index (χ3v) is 5.26. The Hall–Kier alpha value is -1.06. The molecular formula is C16H24O4. The Kier molecular flexibility index (Phi) is 3.74. The molecule has 0 atom stereocenters. The highest BCUT2D eigenvalue weighted by Gasteiger charge is 2.55. The van der Waals surface area contributed by atoms with Gasteiger partial charge in [0, 0.05) is 0 Å². The summed E-state index contributed by atoms with van der Waals surface area (Å²) >= 11 is 0. The summed E-state index contributed by atoms with van der Waals surface area (Å²) < 4.78 is 10.2. The molecule has 4 saturated carbocycles. The van der Waals surface area contributed by atoms with Gasteiger partial charge in [0.2, 0.25) is 0 Å². The van der Waals surface area contributed by atoms with Crippen molar-refractivity contribution in [2.45, 2.75) is 51.9 Å². The first-order chi connectivity index (χ1) is 9.61. The van der Waals surface area contributed by atoms with Crippen LogP contribution in [-0.4, -0.2) is 25.2 Å². The fourth-order valence-corrected chi connectivity index (χ4v) is 4.90. The molecule has 0 radical (unpaired) electrons. The first-order valence-corrected chi connectivity index (χ1v) is 7.94. The Morgan fingerprint density at radius 2 is 1.55 bits per heavy atom. The molecule has 0 aliphatic heterocycles. The third-order valence-electron chi connectivity index (χ3n) is 5.26. The summed E-state index contributed by atoms with van der Waals surface area (Å²) in [5, 5.41) is 0. The average Bonchev–Trinajstić information content (AvgIpc) is 2.41.